The van der Waals surface area contributed by atoms with E-state index in [1.165, 1.54) is 11.1 Å². The van der Waals surface area contributed by atoms with Crippen molar-refractivity contribution in [3.63, 3.8) is 0 Å². The zero-order valence-electron chi connectivity index (χ0n) is 7.74. The second kappa shape index (κ2) is 3.75. The molecule has 0 spiro atoms. The Morgan fingerprint density at radius 2 is 1.92 bits per heavy atom. The molecule has 0 saturated heterocycles. The molecule has 1 aromatic carbocycles. The summed E-state index contributed by atoms with van der Waals surface area (Å²) in [5.41, 5.74) is 8.67. The van der Waals surface area contributed by atoms with Crippen LogP contribution in [0.4, 0.5) is 0 Å². The van der Waals surface area contributed by atoms with E-state index in [1.807, 2.05) is 6.07 Å². The summed E-state index contributed by atoms with van der Waals surface area (Å²) in [6, 6.07) is 10.9. The van der Waals surface area contributed by atoms with E-state index < -0.39 is 0 Å². The molecule has 0 fully saturated rings. The highest BCUT2D eigenvalue weighted by atomic mass is 14.6. The fourth-order valence-corrected chi connectivity index (χ4v) is 1.83. The van der Waals surface area contributed by atoms with Gasteiger partial charge in [0.2, 0.25) is 0 Å². The van der Waals surface area contributed by atoms with E-state index in [2.05, 4.69) is 30.3 Å². The van der Waals surface area contributed by atoms with Crippen molar-refractivity contribution in [3.8, 4) is 0 Å². The molecule has 2 rings (SSSR count). The lowest BCUT2D eigenvalue weighted by Gasteiger charge is -2.19. The van der Waals surface area contributed by atoms with Gasteiger partial charge in [-0.3, -0.25) is 0 Å². The van der Waals surface area contributed by atoms with E-state index in [-0.39, 0.29) is 0 Å². The van der Waals surface area contributed by atoms with Crippen LogP contribution in [0.15, 0.2) is 36.4 Å². The third-order valence-corrected chi connectivity index (χ3v) is 2.55. The Hall–Kier alpha value is -1.08. The maximum atomic E-state index is 5.92. The lowest BCUT2D eigenvalue weighted by atomic mass is 9.91. The maximum absolute atomic E-state index is 5.92. The van der Waals surface area contributed by atoms with E-state index >= 15 is 0 Å². The van der Waals surface area contributed by atoms with Gasteiger partial charge in [-0.25, -0.2) is 0 Å². The van der Waals surface area contributed by atoms with Gasteiger partial charge in [0.05, 0.1) is 0 Å². The van der Waals surface area contributed by atoms with Gasteiger partial charge in [-0.2, -0.15) is 0 Å². The molecule has 0 bridgehead atoms. The van der Waals surface area contributed by atoms with Gasteiger partial charge in [0.15, 0.2) is 0 Å². The van der Waals surface area contributed by atoms with Crippen LogP contribution in [0.25, 0.3) is 5.57 Å². The third kappa shape index (κ3) is 1.99. The third-order valence-electron chi connectivity index (χ3n) is 2.55. The summed E-state index contributed by atoms with van der Waals surface area (Å²) in [7, 11) is 0. The Labute approximate surface area is 79.3 Å². The van der Waals surface area contributed by atoms with E-state index in [1.54, 1.807) is 0 Å². The number of nitrogens with two attached hydrogens (primary N) is 1. The molecule has 1 aliphatic carbocycles. The van der Waals surface area contributed by atoms with Gasteiger partial charge >= 0.3 is 0 Å². The first-order chi connectivity index (χ1) is 6.36. The molecule has 1 heteroatoms. The topological polar surface area (TPSA) is 26.0 Å². The molecular formula is C12H15N. The standard InChI is InChI=1S/C12H15N/c13-12-8-4-7-11(9-12)10-5-2-1-3-6-10/h1-3,5-7,12H,4,8-9,13H2. The highest BCUT2D eigenvalue weighted by Gasteiger charge is 2.11. The zero-order chi connectivity index (χ0) is 9.10. The van der Waals surface area contributed by atoms with Crippen molar-refractivity contribution in [3.05, 3.63) is 42.0 Å². The molecule has 1 aromatic rings. The fourth-order valence-electron chi connectivity index (χ4n) is 1.83. The maximum Gasteiger partial charge on any atom is 0.00823 e. The number of allylic oxidation sites excluding steroid dienone is 1. The van der Waals surface area contributed by atoms with Crippen molar-refractivity contribution in [2.45, 2.75) is 25.3 Å². The zero-order valence-corrected chi connectivity index (χ0v) is 7.74. The lowest BCUT2D eigenvalue weighted by Crippen LogP contribution is -2.22. The van der Waals surface area contributed by atoms with Gasteiger partial charge in [0, 0.05) is 6.04 Å². The molecule has 0 radical (unpaired) electrons. The minimum atomic E-state index is 0.361. The van der Waals surface area contributed by atoms with Crippen LogP contribution >= 0.6 is 0 Å². The van der Waals surface area contributed by atoms with Gasteiger partial charge in [0.25, 0.3) is 0 Å². The van der Waals surface area contributed by atoms with Gasteiger partial charge < -0.3 is 5.73 Å². The molecule has 1 atom stereocenters. The van der Waals surface area contributed by atoms with Crippen molar-refractivity contribution in [2.24, 2.45) is 5.73 Å². The predicted octanol–water partition coefficient (Wildman–Crippen LogP) is 2.58. The molecule has 68 valence electrons. The first kappa shape index (κ1) is 8.52. The van der Waals surface area contributed by atoms with Crippen molar-refractivity contribution in [1.82, 2.24) is 0 Å². The summed E-state index contributed by atoms with van der Waals surface area (Å²) in [6.45, 7) is 0. The van der Waals surface area contributed by atoms with Gasteiger partial charge in [-0.05, 0) is 30.4 Å². The Kier molecular flexibility index (Phi) is 2.46. The Morgan fingerprint density at radius 3 is 2.62 bits per heavy atom. The number of hydrogen-bond donors (Lipinski definition) is 1. The summed E-state index contributed by atoms with van der Waals surface area (Å²) in [5, 5.41) is 0. The smallest absolute Gasteiger partial charge is 0.00823 e. The summed E-state index contributed by atoms with van der Waals surface area (Å²) in [5.74, 6) is 0. The van der Waals surface area contributed by atoms with Gasteiger partial charge in [-0.15, -0.1) is 0 Å². The highest BCUT2D eigenvalue weighted by molar-refractivity contribution is 5.66. The van der Waals surface area contributed by atoms with Crippen LogP contribution in [0.5, 0.6) is 0 Å². The van der Waals surface area contributed by atoms with Crippen molar-refractivity contribution in [2.75, 3.05) is 0 Å². The summed E-state index contributed by atoms with van der Waals surface area (Å²) in [6.07, 6.45) is 5.62. The predicted molar refractivity (Wildman–Crippen MR) is 56.2 cm³/mol. The van der Waals surface area contributed by atoms with Crippen molar-refractivity contribution < 1.29 is 0 Å². The SMILES string of the molecule is NC1CCC=C(c2ccccc2)C1. The Morgan fingerprint density at radius 1 is 1.15 bits per heavy atom. The molecular weight excluding hydrogens is 158 g/mol. The highest BCUT2D eigenvalue weighted by Crippen LogP contribution is 2.25. The molecule has 0 aromatic heterocycles. The van der Waals surface area contributed by atoms with E-state index in [4.69, 9.17) is 5.73 Å². The molecule has 2 N–H and O–H groups in total. The second-order valence-corrected chi connectivity index (χ2v) is 3.64. The van der Waals surface area contributed by atoms with Crippen LogP contribution in [0.1, 0.15) is 24.8 Å². The van der Waals surface area contributed by atoms with E-state index in [9.17, 15) is 0 Å². The van der Waals surface area contributed by atoms with Crippen LogP contribution in [0, 0.1) is 0 Å². The van der Waals surface area contributed by atoms with Crippen LogP contribution in [0.3, 0.4) is 0 Å². The largest absolute Gasteiger partial charge is 0.327 e. The summed E-state index contributed by atoms with van der Waals surface area (Å²) in [4.78, 5) is 0. The molecule has 0 amide bonds. The first-order valence-electron chi connectivity index (χ1n) is 4.86. The Balaban J connectivity index is 2.22. The van der Waals surface area contributed by atoms with E-state index in [0.29, 0.717) is 6.04 Å². The molecule has 1 aliphatic rings. The van der Waals surface area contributed by atoms with Crippen LogP contribution < -0.4 is 5.73 Å². The van der Waals surface area contributed by atoms with Crippen molar-refractivity contribution in [1.29, 1.82) is 0 Å². The van der Waals surface area contributed by atoms with Gasteiger partial charge in [-0.1, -0.05) is 36.4 Å². The minimum Gasteiger partial charge on any atom is -0.327 e. The molecule has 0 heterocycles. The van der Waals surface area contributed by atoms with Gasteiger partial charge in [0.1, 0.15) is 0 Å². The van der Waals surface area contributed by atoms with Crippen LogP contribution in [0.2, 0.25) is 0 Å². The average Bonchev–Trinajstić information content (AvgIpc) is 2.19. The molecule has 13 heavy (non-hydrogen) atoms. The quantitative estimate of drug-likeness (QED) is 0.694. The Bertz CT molecular complexity index is 300. The fraction of sp³-hybridized carbons (Fsp3) is 0.333. The van der Waals surface area contributed by atoms with E-state index in [0.717, 1.165) is 19.3 Å². The number of hydrogen-bond acceptors (Lipinski definition) is 1. The molecule has 1 unspecified atom stereocenters. The second-order valence-electron chi connectivity index (χ2n) is 3.64. The normalized spacial score (nSPS) is 22.5. The first-order valence-corrected chi connectivity index (χ1v) is 4.86. The summed E-state index contributed by atoms with van der Waals surface area (Å²) >= 11 is 0. The average molecular weight is 173 g/mol. The lowest BCUT2D eigenvalue weighted by molar-refractivity contribution is 0.616. The molecule has 0 aliphatic heterocycles. The molecule has 0 saturated carbocycles. The number of rotatable bonds is 1. The molecule has 1 nitrogen and oxygen atoms in total. The number of benzene rings is 1. The minimum absolute atomic E-state index is 0.361. The van der Waals surface area contributed by atoms with Crippen molar-refractivity contribution >= 4 is 5.57 Å². The monoisotopic (exact) mass is 173 g/mol. The van der Waals surface area contributed by atoms with Crippen LogP contribution in [-0.2, 0) is 0 Å². The summed E-state index contributed by atoms with van der Waals surface area (Å²) < 4.78 is 0. The van der Waals surface area contributed by atoms with Crippen LogP contribution in [-0.4, -0.2) is 6.04 Å².